The third-order valence-corrected chi connectivity index (χ3v) is 4.61. The molecule has 2 aliphatic rings. The predicted octanol–water partition coefficient (Wildman–Crippen LogP) is 2.04. The van der Waals surface area contributed by atoms with Crippen LogP contribution < -0.4 is 5.32 Å². The van der Waals surface area contributed by atoms with Gasteiger partial charge in [-0.15, -0.1) is 0 Å². The first-order chi connectivity index (χ1) is 11.8. The van der Waals surface area contributed by atoms with E-state index in [0.29, 0.717) is 18.5 Å². The highest BCUT2D eigenvalue weighted by Gasteiger charge is 2.47. The Hall–Kier alpha value is -2.09. The Morgan fingerprint density at radius 1 is 1.40 bits per heavy atom. The number of piperazine rings is 1. The summed E-state index contributed by atoms with van der Waals surface area (Å²) in [6.07, 6.45) is -4.20. The Labute approximate surface area is 143 Å². The molecule has 1 aromatic rings. The van der Waals surface area contributed by atoms with Crippen LogP contribution in [0, 0.1) is 0 Å². The smallest absolute Gasteiger partial charge is 0.438 e. The van der Waals surface area contributed by atoms with E-state index in [1.54, 1.807) is 6.07 Å². The minimum atomic E-state index is -5.06. The third kappa shape index (κ3) is 3.35. The SMILES string of the molecule is CCCc1cccc2c1C[C@@H]1C(OC(=O)C(F)(F)F)NCCN1C2=O. The molecule has 0 aromatic heterocycles. The second kappa shape index (κ2) is 6.67. The molecule has 5 nitrogen and oxygen atoms in total. The van der Waals surface area contributed by atoms with Gasteiger partial charge >= 0.3 is 12.1 Å². The van der Waals surface area contributed by atoms with Gasteiger partial charge in [0.1, 0.15) is 0 Å². The van der Waals surface area contributed by atoms with Crippen molar-refractivity contribution in [2.75, 3.05) is 13.1 Å². The quantitative estimate of drug-likeness (QED) is 0.842. The van der Waals surface area contributed by atoms with Crippen molar-refractivity contribution < 1.29 is 27.5 Å². The molecule has 0 aliphatic carbocycles. The van der Waals surface area contributed by atoms with Crippen LogP contribution >= 0.6 is 0 Å². The highest BCUT2D eigenvalue weighted by atomic mass is 19.4. The zero-order valence-corrected chi connectivity index (χ0v) is 13.7. The maximum absolute atomic E-state index is 12.8. The molecule has 0 spiro atoms. The molecule has 0 radical (unpaired) electrons. The first kappa shape index (κ1) is 17.7. The highest BCUT2D eigenvalue weighted by Crippen LogP contribution is 2.30. The lowest BCUT2D eigenvalue weighted by Gasteiger charge is -2.44. The summed E-state index contributed by atoms with van der Waals surface area (Å²) < 4.78 is 42.2. The van der Waals surface area contributed by atoms with Crippen LogP contribution in [-0.4, -0.2) is 48.3 Å². The van der Waals surface area contributed by atoms with E-state index in [-0.39, 0.29) is 12.5 Å². The maximum Gasteiger partial charge on any atom is 0.490 e. The van der Waals surface area contributed by atoms with Gasteiger partial charge in [0.15, 0.2) is 6.23 Å². The van der Waals surface area contributed by atoms with Crippen LogP contribution in [0.5, 0.6) is 0 Å². The molecule has 0 bridgehead atoms. The van der Waals surface area contributed by atoms with Crippen molar-refractivity contribution in [1.29, 1.82) is 0 Å². The first-order valence-corrected chi connectivity index (χ1v) is 8.26. The van der Waals surface area contributed by atoms with E-state index in [9.17, 15) is 22.8 Å². The number of halogens is 3. The van der Waals surface area contributed by atoms with Crippen LogP contribution in [0.25, 0.3) is 0 Å². The standard InChI is InChI=1S/C17H19F3N2O3/c1-2-4-10-5-3-6-11-12(10)9-13-14(25-16(24)17(18,19)20)21-7-8-22(13)15(11)23/h3,5-6,13-14,21H,2,4,7-9H2,1H3/t13-,14?/m1/s1. The van der Waals surface area contributed by atoms with E-state index < -0.39 is 24.4 Å². The van der Waals surface area contributed by atoms with Crippen LogP contribution in [0.15, 0.2) is 18.2 Å². The molecular formula is C17H19F3N2O3. The van der Waals surface area contributed by atoms with E-state index in [2.05, 4.69) is 10.1 Å². The lowest BCUT2D eigenvalue weighted by molar-refractivity contribution is -0.210. The molecule has 1 unspecified atom stereocenters. The number of ether oxygens (including phenoxy) is 1. The van der Waals surface area contributed by atoms with E-state index in [1.807, 2.05) is 19.1 Å². The fraction of sp³-hybridized carbons (Fsp3) is 0.529. The summed E-state index contributed by atoms with van der Waals surface area (Å²) in [5.41, 5.74) is 2.44. The Bertz CT molecular complexity index is 690. The lowest BCUT2D eigenvalue weighted by Crippen LogP contribution is -2.63. The molecule has 1 fully saturated rings. The lowest BCUT2D eigenvalue weighted by atomic mass is 9.86. The number of amides is 1. The van der Waals surface area contributed by atoms with E-state index >= 15 is 0 Å². The molecule has 1 aromatic carbocycles. The molecule has 2 aliphatic heterocycles. The number of nitrogens with one attached hydrogen (secondary N) is 1. The fourth-order valence-corrected chi connectivity index (χ4v) is 3.51. The van der Waals surface area contributed by atoms with Crippen molar-refractivity contribution in [2.24, 2.45) is 0 Å². The first-order valence-electron chi connectivity index (χ1n) is 8.26. The molecule has 0 saturated carbocycles. The summed E-state index contributed by atoms with van der Waals surface area (Å²) in [4.78, 5) is 25.5. The zero-order valence-electron chi connectivity index (χ0n) is 13.7. The summed E-state index contributed by atoms with van der Waals surface area (Å²) >= 11 is 0. The zero-order chi connectivity index (χ0) is 18.2. The van der Waals surface area contributed by atoms with E-state index in [4.69, 9.17) is 0 Å². The Kier molecular flexibility index (Phi) is 4.73. The van der Waals surface area contributed by atoms with Crippen LogP contribution in [0.4, 0.5) is 13.2 Å². The number of rotatable bonds is 3. The summed E-state index contributed by atoms with van der Waals surface area (Å²) in [6.45, 7) is 2.65. The van der Waals surface area contributed by atoms with Crippen molar-refractivity contribution in [3.8, 4) is 0 Å². The van der Waals surface area contributed by atoms with Gasteiger partial charge in [-0.05, 0) is 30.0 Å². The fourth-order valence-electron chi connectivity index (χ4n) is 3.51. The summed E-state index contributed by atoms with van der Waals surface area (Å²) in [6, 6.07) is 4.85. The van der Waals surface area contributed by atoms with Crippen LogP contribution in [0.1, 0.15) is 34.8 Å². The Morgan fingerprint density at radius 3 is 2.84 bits per heavy atom. The van der Waals surface area contributed by atoms with Gasteiger partial charge in [-0.2, -0.15) is 13.2 Å². The number of esters is 1. The second-order valence-corrected chi connectivity index (χ2v) is 6.24. The average Bonchev–Trinajstić information content (AvgIpc) is 2.56. The number of alkyl halides is 3. The molecule has 25 heavy (non-hydrogen) atoms. The van der Waals surface area contributed by atoms with Gasteiger partial charge in [0.05, 0.1) is 6.04 Å². The number of hydrogen-bond acceptors (Lipinski definition) is 4. The monoisotopic (exact) mass is 356 g/mol. The maximum atomic E-state index is 12.8. The van der Waals surface area contributed by atoms with Crippen LogP contribution in [-0.2, 0) is 22.4 Å². The molecule has 136 valence electrons. The number of benzene rings is 1. The molecule has 1 amide bonds. The molecular weight excluding hydrogens is 337 g/mol. The Morgan fingerprint density at radius 2 is 2.16 bits per heavy atom. The van der Waals surface area contributed by atoms with Crippen molar-refractivity contribution in [3.63, 3.8) is 0 Å². The minimum Gasteiger partial charge on any atom is -0.438 e. The molecule has 1 N–H and O–H groups in total. The highest BCUT2D eigenvalue weighted by molar-refractivity contribution is 5.97. The number of carbonyl (C=O) groups is 2. The number of aryl methyl sites for hydroxylation is 1. The third-order valence-electron chi connectivity index (χ3n) is 4.61. The van der Waals surface area contributed by atoms with Crippen molar-refractivity contribution in [3.05, 3.63) is 34.9 Å². The summed E-state index contributed by atoms with van der Waals surface area (Å²) in [7, 11) is 0. The van der Waals surface area contributed by atoms with Gasteiger partial charge in [0, 0.05) is 18.7 Å². The van der Waals surface area contributed by atoms with E-state index in [0.717, 1.165) is 24.0 Å². The van der Waals surface area contributed by atoms with Crippen LogP contribution in [0.2, 0.25) is 0 Å². The molecule has 1 saturated heterocycles. The number of hydrogen-bond donors (Lipinski definition) is 1. The number of nitrogens with zero attached hydrogens (tertiary/aromatic N) is 1. The molecule has 2 heterocycles. The molecule has 3 rings (SSSR count). The van der Waals surface area contributed by atoms with Gasteiger partial charge < -0.3 is 9.64 Å². The second-order valence-electron chi connectivity index (χ2n) is 6.24. The largest absolute Gasteiger partial charge is 0.490 e. The van der Waals surface area contributed by atoms with E-state index in [1.165, 1.54) is 4.90 Å². The molecule has 8 heteroatoms. The van der Waals surface area contributed by atoms with Gasteiger partial charge in [0.2, 0.25) is 0 Å². The van der Waals surface area contributed by atoms with Gasteiger partial charge in [-0.3, -0.25) is 10.1 Å². The van der Waals surface area contributed by atoms with Gasteiger partial charge in [-0.25, -0.2) is 4.79 Å². The van der Waals surface area contributed by atoms with Crippen molar-refractivity contribution in [1.82, 2.24) is 10.2 Å². The van der Waals surface area contributed by atoms with Crippen molar-refractivity contribution in [2.45, 2.75) is 44.6 Å². The van der Waals surface area contributed by atoms with Gasteiger partial charge in [0.25, 0.3) is 5.91 Å². The number of fused-ring (bicyclic) bond motifs is 2. The average molecular weight is 356 g/mol. The summed E-state index contributed by atoms with van der Waals surface area (Å²) in [5, 5.41) is 2.79. The van der Waals surface area contributed by atoms with Gasteiger partial charge in [-0.1, -0.05) is 25.5 Å². The predicted molar refractivity (Wildman–Crippen MR) is 82.9 cm³/mol. The number of carbonyl (C=O) groups excluding carboxylic acids is 2. The normalized spacial score (nSPS) is 23.0. The molecule has 2 atom stereocenters. The van der Waals surface area contributed by atoms with Crippen LogP contribution in [0.3, 0.4) is 0 Å². The summed E-state index contributed by atoms with van der Waals surface area (Å²) in [5.74, 6) is -2.47. The minimum absolute atomic E-state index is 0.223. The topological polar surface area (TPSA) is 58.6 Å². The Balaban J connectivity index is 1.90. The van der Waals surface area contributed by atoms with Crippen molar-refractivity contribution >= 4 is 11.9 Å².